The van der Waals surface area contributed by atoms with Crippen LogP contribution in [-0.4, -0.2) is 12.6 Å². The fourth-order valence-electron chi connectivity index (χ4n) is 1.48. The number of halogens is 2. The SMILES string of the molecule is CCCNC(C)Cc1ccc(F)c(Cl)c1. The Bertz CT molecular complexity index is 314. The number of hydrogen-bond acceptors (Lipinski definition) is 1. The van der Waals surface area contributed by atoms with Crippen molar-refractivity contribution in [2.75, 3.05) is 6.54 Å². The third kappa shape index (κ3) is 4.18. The molecule has 0 aliphatic carbocycles. The lowest BCUT2D eigenvalue weighted by Crippen LogP contribution is -2.28. The van der Waals surface area contributed by atoms with Crippen LogP contribution in [0.25, 0.3) is 0 Å². The van der Waals surface area contributed by atoms with Crippen LogP contribution in [0.2, 0.25) is 5.02 Å². The van der Waals surface area contributed by atoms with Gasteiger partial charge in [0.15, 0.2) is 0 Å². The molecule has 0 spiro atoms. The minimum absolute atomic E-state index is 0.204. The van der Waals surface area contributed by atoms with Gasteiger partial charge in [0.1, 0.15) is 5.82 Å². The normalized spacial score (nSPS) is 12.8. The maximum Gasteiger partial charge on any atom is 0.141 e. The summed E-state index contributed by atoms with van der Waals surface area (Å²) < 4.78 is 12.9. The lowest BCUT2D eigenvalue weighted by atomic mass is 10.1. The van der Waals surface area contributed by atoms with Crippen molar-refractivity contribution in [2.24, 2.45) is 0 Å². The number of hydrogen-bond donors (Lipinski definition) is 1. The van der Waals surface area contributed by atoms with Crippen LogP contribution in [0.4, 0.5) is 4.39 Å². The third-order valence-corrected chi connectivity index (χ3v) is 2.56. The van der Waals surface area contributed by atoms with Gasteiger partial charge in [-0.05, 0) is 44.0 Å². The molecule has 1 aromatic rings. The topological polar surface area (TPSA) is 12.0 Å². The monoisotopic (exact) mass is 229 g/mol. The van der Waals surface area contributed by atoms with Crippen LogP contribution in [0.5, 0.6) is 0 Å². The Kier molecular flexibility index (Phi) is 5.06. The molecule has 0 aromatic heterocycles. The van der Waals surface area contributed by atoms with Gasteiger partial charge in [-0.1, -0.05) is 24.6 Å². The van der Waals surface area contributed by atoms with Gasteiger partial charge >= 0.3 is 0 Å². The lowest BCUT2D eigenvalue weighted by molar-refractivity contribution is 0.543. The van der Waals surface area contributed by atoms with Gasteiger partial charge in [-0.3, -0.25) is 0 Å². The molecule has 3 heteroatoms. The van der Waals surface area contributed by atoms with Gasteiger partial charge in [0.05, 0.1) is 5.02 Å². The van der Waals surface area contributed by atoms with Crippen LogP contribution in [0.3, 0.4) is 0 Å². The van der Waals surface area contributed by atoms with Crippen LogP contribution in [-0.2, 0) is 6.42 Å². The van der Waals surface area contributed by atoms with Crippen molar-refractivity contribution in [3.63, 3.8) is 0 Å². The zero-order valence-corrected chi connectivity index (χ0v) is 9.94. The molecule has 0 heterocycles. The first-order valence-corrected chi connectivity index (χ1v) is 5.68. The quantitative estimate of drug-likeness (QED) is 0.816. The van der Waals surface area contributed by atoms with Gasteiger partial charge in [0.25, 0.3) is 0 Å². The molecular formula is C12H17ClFN. The molecule has 15 heavy (non-hydrogen) atoms. The summed E-state index contributed by atoms with van der Waals surface area (Å²) in [5.74, 6) is -0.352. The van der Waals surface area contributed by atoms with E-state index < -0.39 is 0 Å². The van der Waals surface area contributed by atoms with Gasteiger partial charge in [-0.2, -0.15) is 0 Å². The summed E-state index contributed by atoms with van der Waals surface area (Å²) >= 11 is 5.71. The second-order valence-corrected chi connectivity index (χ2v) is 4.21. The Hall–Kier alpha value is -0.600. The summed E-state index contributed by atoms with van der Waals surface area (Å²) in [5, 5.41) is 3.58. The van der Waals surface area contributed by atoms with E-state index in [1.807, 2.05) is 0 Å². The molecule has 84 valence electrons. The fraction of sp³-hybridized carbons (Fsp3) is 0.500. The van der Waals surface area contributed by atoms with E-state index in [1.54, 1.807) is 12.1 Å². The van der Waals surface area contributed by atoms with Gasteiger partial charge in [0.2, 0.25) is 0 Å². The zero-order chi connectivity index (χ0) is 11.3. The fourth-order valence-corrected chi connectivity index (χ4v) is 1.69. The summed E-state index contributed by atoms with van der Waals surface area (Å²) in [6.07, 6.45) is 1.99. The highest BCUT2D eigenvalue weighted by molar-refractivity contribution is 6.30. The summed E-state index contributed by atoms with van der Waals surface area (Å²) in [5.41, 5.74) is 1.07. The van der Waals surface area contributed by atoms with E-state index in [2.05, 4.69) is 19.2 Å². The maximum absolute atomic E-state index is 12.9. The molecule has 1 aromatic carbocycles. The molecule has 1 rings (SSSR count). The van der Waals surface area contributed by atoms with Crippen molar-refractivity contribution in [3.05, 3.63) is 34.6 Å². The molecule has 1 unspecified atom stereocenters. The highest BCUT2D eigenvalue weighted by atomic mass is 35.5. The van der Waals surface area contributed by atoms with Gasteiger partial charge in [-0.15, -0.1) is 0 Å². The molecule has 1 N–H and O–H groups in total. The largest absolute Gasteiger partial charge is 0.314 e. The van der Waals surface area contributed by atoms with Crippen molar-refractivity contribution >= 4 is 11.6 Å². The molecular weight excluding hydrogens is 213 g/mol. The summed E-state index contributed by atoms with van der Waals surface area (Å²) in [4.78, 5) is 0. The van der Waals surface area contributed by atoms with Crippen LogP contribution in [0, 0.1) is 5.82 Å². The predicted octanol–water partition coefficient (Wildman–Crippen LogP) is 3.41. The molecule has 0 aliphatic heterocycles. The van der Waals surface area contributed by atoms with Crippen molar-refractivity contribution in [3.8, 4) is 0 Å². The Morgan fingerprint density at radius 1 is 1.47 bits per heavy atom. The smallest absolute Gasteiger partial charge is 0.141 e. The van der Waals surface area contributed by atoms with Gasteiger partial charge < -0.3 is 5.32 Å². The molecule has 0 saturated carbocycles. The Balaban J connectivity index is 2.53. The van der Waals surface area contributed by atoms with E-state index in [0.717, 1.165) is 24.9 Å². The predicted molar refractivity (Wildman–Crippen MR) is 62.9 cm³/mol. The summed E-state index contributed by atoms with van der Waals surface area (Å²) in [6.45, 7) is 5.26. The average Bonchev–Trinajstić information content (AvgIpc) is 2.20. The minimum atomic E-state index is -0.352. The van der Waals surface area contributed by atoms with Gasteiger partial charge in [-0.25, -0.2) is 4.39 Å². The standard InChI is InChI=1S/C12H17ClFN/c1-3-6-15-9(2)7-10-4-5-12(14)11(13)8-10/h4-5,8-9,15H,3,6-7H2,1-2H3. The highest BCUT2D eigenvalue weighted by Crippen LogP contribution is 2.16. The molecule has 1 atom stereocenters. The van der Waals surface area contributed by atoms with E-state index in [0.29, 0.717) is 6.04 Å². The summed E-state index contributed by atoms with van der Waals surface area (Å²) in [7, 11) is 0. The maximum atomic E-state index is 12.9. The molecule has 1 nitrogen and oxygen atoms in total. The molecule has 0 fully saturated rings. The number of benzene rings is 1. The molecule has 0 radical (unpaired) electrons. The van der Waals surface area contributed by atoms with Gasteiger partial charge in [0, 0.05) is 6.04 Å². The number of rotatable bonds is 5. The van der Waals surface area contributed by atoms with E-state index in [-0.39, 0.29) is 10.8 Å². The Morgan fingerprint density at radius 2 is 2.20 bits per heavy atom. The van der Waals surface area contributed by atoms with E-state index in [1.165, 1.54) is 6.07 Å². The first-order valence-electron chi connectivity index (χ1n) is 5.30. The second-order valence-electron chi connectivity index (χ2n) is 3.81. The van der Waals surface area contributed by atoms with Crippen LogP contribution >= 0.6 is 11.6 Å². The average molecular weight is 230 g/mol. The van der Waals surface area contributed by atoms with Crippen LogP contribution < -0.4 is 5.32 Å². The highest BCUT2D eigenvalue weighted by Gasteiger charge is 2.05. The van der Waals surface area contributed by atoms with Crippen LogP contribution in [0.15, 0.2) is 18.2 Å². The van der Waals surface area contributed by atoms with Crippen LogP contribution in [0.1, 0.15) is 25.8 Å². The zero-order valence-electron chi connectivity index (χ0n) is 9.19. The van der Waals surface area contributed by atoms with Crippen molar-refractivity contribution < 1.29 is 4.39 Å². The molecule has 0 amide bonds. The third-order valence-electron chi connectivity index (χ3n) is 2.27. The first-order chi connectivity index (χ1) is 7.13. The van der Waals surface area contributed by atoms with E-state index in [9.17, 15) is 4.39 Å². The molecule has 0 aliphatic rings. The Morgan fingerprint density at radius 3 is 2.80 bits per heavy atom. The molecule has 0 bridgehead atoms. The minimum Gasteiger partial charge on any atom is -0.314 e. The van der Waals surface area contributed by atoms with Crippen molar-refractivity contribution in [2.45, 2.75) is 32.7 Å². The van der Waals surface area contributed by atoms with E-state index >= 15 is 0 Å². The summed E-state index contributed by atoms with van der Waals surface area (Å²) in [6, 6.07) is 5.29. The van der Waals surface area contributed by atoms with Crippen molar-refractivity contribution in [1.29, 1.82) is 0 Å². The lowest BCUT2D eigenvalue weighted by Gasteiger charge is -2.13. The Labute approximate surface area is 95.6 Å². The first kappa shape index (κ1) is 12.5. The number of nitrogens with one attached hydrogen (secondary N) is 1. The van der Waals surface area contributed by atoms with E-state index in [4.69, 9.17) is 11.6 Å². The molecule has 0 saturated heterocycles. The second kappa shape index (κ2) is 6.09. The van der Waals surface area contributed by atoms with Crippen molar-refractivity contribution in [1.82, 2.24) is 5.32 Å².